The predicted molar refractivity (Wildman–Crippen MR) is 82.6 cm³/mol. The molecule has 1 amide bonds. The molecule has 0 saturated carbocycles. The zero-order valence-corrected chi connectivity index (χ0v) is 13.4. The van der Waals surface area contributed by atoms with Gasteiger partial charge >= 0.3 is 0 Å². The third-order valence-corrected chi connectivity index (χ3v) is 2.89. The predicted octanol–water partition coefficient (Wildman–Crippen LogP) is 3.42. The van der Waals surface area contributed by atoms with Crippen LogP contribution in [0.1, 0.15) is 59.3 Å². The summed E-state index contributed by atoms with van der Waals surface area (Å²) in [4.78, 5) is 11.3. The molecule has 0 aliphatic heterocycles. The summed E-state index contributed by atoms with van der Waals surface area (Å²) in [7, 11) is 0. The van der Waals surface area contributed by atoms with E-state index in [1.807, 2.05) is 0 Å². The van der Waals surface area contributed by atoms with Crippen LogP contribution in [0.15, 0.2) is 12.2 Å². The molecule has 0 aromatic heterocycles. The Morgan fingerprint density at radius 3 is 2.10 bits per heavy atom. The summed E-state index contributed by atoms with van der Waals surface area (Å²) < 4.78 is 11.5. The highest BCUT2D eigenvalue weighted by molar-refractivity contribution is 5.91. The molecule has 0 atom stereocenters. The molecule has 118 valence electrons. The Kier molecular flexibility index (Phi) is 12.6. The van der Waals surface area contributed by atoms with Crippen molar-refractivity contribution in [1.29, 1.82) is 0 Å². The first-order valence-corrected chi connectivity index (χ1v) is 7.78. The molecule has 0 aliphatic rings. The van der Waals surface area contributed by atoms with Crippen LogP contribution < -0.4 is 5.32 Å². The molecular formula is C16H31NO3. The van der Waals surface area contributed by atoms with E-state index in [0.29, 0.717) is 12.1 Å². The van der Waals surface area contributed by atoms with Gasteiger partial charge in [0.25, 0.3) is 0 Å². The number of carbonyl (C=O) groups is 1. The zero-order valence-electron chi connectivity index (χ0n) is 13.4. The summed E-state index contributed by atoms with van der Waals surface area (Å²) in [5, 5.41) is 2.82. The van der Waals surface area contributed by atoms with Crippen molar-refractivity contribution in [2.75, 3.05) is 19.8 Å². The molecule has 0 radical (unpaired) electrons. The summed E-state index contributed by atoms with van der Waals surface area (Å²) in [5.41, 5.74) is 0.542. The SMILES string of the molecule is C=C(C)C(=O)NCCCC(OCCCC)OCCCC. The van der Waals surface area contributed by atoms with Crippen molar-refractivity contribution in [3.05, 3.63) is 12.2 Å². The van der Waals surface area contributed by atoms with Crippen LogP contribution in [0.5, 0.6) is 0 Å². The van der Waals surface area contributed by atoms with Crippen molar-refractivity contribution >= 4 is 5.91 Å². The minimum atomic E-state index is -0.144. The van der Waals surface area contributed by atoms with Gasteiger partial charge in [0.2, 0.25) is 5.91 Å². The van der Waals surface area contributed by atoms with Crippen LogP contribution in [0, 0.1) is 0 Å². The fourth-order valence-electron chi connectivity index (χ4n) is 1.55. The van der Waals surface area contributed by atoms with E-state index in [1.54, 1.807) is 6.92 Å². The van der Waals surface area contributed by atoms with Crippen LogP contribution in [-0.4, -0.2) is 32.0 Å². The number of ether oxygens (including phenoxy) is 2. The average Bonchev–Trinajstić information content (AvgIpc) is 2.42. The monoisotopic (exact) mass is 285 g/mol. The van der Waals surface area contributed by atoms with Crippen molar-refractivity contribution in [3.8, 4) is 0 Å². The molecule has 20 heavy (non-hydrogen) atoms. The quantitative estimate of drug-likeness (QED) is 0.320. The molecule has 0 rings (SSSR count). The van der Waals surface area contributed by atoms with Crippen molar-refractivity contribution < 1.29 is 14.3 Å². The van der Waals surface area contributed by atoms with E-state index in [0.717, 1.165) is 51.7 Å². The van der Waals surface area contributed by atoms with Crippen LogP contribution in [0.3, 0.4) is 0 Å². The van der Waals surface area contributed by atoms with Crippen LogP contribution in [0.2, 0.25) is 0 Å². The highest BCUT2D eigenvalue weighted by Gasteiger charge is 2.09. The molecule has 0 aliphatic carbocycles. The zero-order chi connectivity index (χ0) is 15.2. The second-order valence-corrected chi connectivity index (χ2v) is 5.06. The molecular weight excluding hydrogens is 254 g/mol. The maximum atomic E-state index is 11.3. The summed E-state index contributed by atoms with van der Waals surface area (Å²) >= 11 is 0. The van der Waals surface area contributed by atoms with Gasteiger partial charge < -0.3 is 14.8 Å². The lowest BCUT2D eigenvalue weighted by Crippen LogP contribution is -2.26. The Bertz CT molecular complexity index is 256. The fraction of sp³-hybridized carbons (Fsp3) is 0.812. The summed E-state index contributed by atoms with van der Waals surface area (Å²) in [6.45, 7) is 11.7. The smallest absolute Gasteiger partial charge is 0.246 e. The van der Waals surface area contributed by atoms with Gasteiger partial charge in [0.15, 0.2) is 6.29 Å². The van der Waals surface area contributed by atoms with Gasteiger partial charge in [-0.15, -0.1) is 0 Å². The number of carbonyl (C=O) groups excluding carboxylic acids is 1. The van der Waals surface area contributed by atoms with Gasteiger partial charge in [-0.05, 0) is 26.2 Å². The summed E-state index contributed by atoms with van der Waals surface area (Å²) in [6, 6.07) is 0. The van der Waals surface area contributed by atoms with Gasteiger partial charge in [-0.25, -0.2) is 0 Å². The van der Waals surface area contributed by atoms with Crippen molar-refractivity contribution in [2.24, 2.45) is 0 Å². The lowest BCUT2D eigenvalue weighted by atomic mass is 10.2. The Labute approximate surface area is 123 Å². The van der Waals surface area contributed by atoms with Crippen LogP contribution in [0.25, 0.3) is 0 Å². The Morgan fingerprint density at radius 2 is 1.65 bits per heavy atom. The Balaban J connectivity index is 3.82. The number of nitrogens with one attached hydrogen (secondary N) is 1. The fourth-order valence-corrected chi connectivity index (χ4v) is 1.55. The molecule has 0 aromatic rings. The van der Waals surface area contributed by atoms with Gasteiger partial charge in [0.05, 0.1) is 0 Å². The highest BCUT2D eigenvalue weighted by Crippen LogP contribution is 2.07. The van der Waals surface area contributed by atoms with Crippen molar-refractivity contribution in [3.63, 3.8) is 0 Å². The van der Waals surface area contributed by atoms with Gasteiger partial charge in [-0.1, -0.05) is 33.3 Å². The molecule has 0 fully saturated rings. The largest absolute Gasteiger partial charge is 0.353 e. The Morgan fingerprint density at radius 1 is 1.10 bits per heavy atom. The topological polar surface area (TPSA) is 47.6 Å². The second kappa shape index (κ2) is 13.1. The molecule has 0 unspecified atom stereocenters. The van der Waals surface area contributed by atoms with Crippen molar-refractivity contribution in [2.45, 2.75) is 65.6 Å². The molecule has 0 aromatic carbocycles. The number of amides is 1. The number of unbranched alkanes of at least 4 members (excludes halogenated alkanes) is 2. The average molecular weight is 285 g/mol. The molecule has 4 heteroatoms. The van der Waals surface area contributed by atoms with Crippen LogP contribution in [-0.2, 0) is 14.3 Å². The minimum absolute atomic E-state index is 0.0830. The van der Waals surface area contributed by atoms with Crippen LogP contribution >= 0.6 is 0 Å². The van der Waals surface area contributed by atoms with E-state index in [-0.39, 0.29) is 12.2 Å². The molecule has 4 nitrogen and oxygen atoms in total. The third kappa shape index (κ3) is 11.0. The summed E-state index contributed by atoms with van der Waals surface area (Å²) in [6.07, 6.45) is 5.87. The molecule has 0 heterocycles. The number of hydrogen-bond donors (Lipinski definition) is 1. The van der Waals surface area contributed by atoms with Gasteiger partial charge in [-0.2, -0.15) is 0 Å². The first-order chi connectivity index (χ1) is 9.61. The third-order valence-electron chi connectivity index (χ3n) is 2.89. The maximum absolute atomic E-state index is 11.3. The molecule has 0 spiro atoms. The standard InChI is InChI=1S/C16H31NO3/c1-5-7-12-19-15(20-13-8-6-2)10-9-11-17-16(18)14(3)4/h15H,3,5-13H2,1-2,4H3,(H,17,18). The van der Waals surface area contributed by atoms with E-state index in [2.05, 4.69) is 25.7 Å². The minimum Gasteiger partial charge on any atom is -0.353 e. The number of rotatable bonds is 13. The molecule has 0 saturated heterocycles. The molecule has 1 N–H and O–H groups in total. The normalized spacial score (nSPS) is 10.8. The van der Waals surface area contributed by atoms with E-state index in [1.165, 1.54) is 0 Å². The lowest BCUT2D eigenvalue weighted by molar-refractivity contribution is -0.147. The second-order valence-electron chi connectivity index (χ2n) is 5.06. The molecule has 0 bridgehead atoms. The first kappa shape index (κ1) is 19.1. The highest BCUT2D eigenvalue weighted by atomic mass is 16.7. The van der Waals surface area contributed by atoms with Gasteiger partial charge in [0, 0.05) is 31.8 Å². The lowest BCUT2D eigenvalue weighted by Gasteiger charge is -2.18. The first-order valence-electron chi connectivity index (χ1n) is 7.78. The van der Waals surface area contributed by atoms with Gasteiger partial charge in [-0.3, -0.25) is 4.79 Å². The van der Waals surface area contributed by atoms with Crippen molar-refractivity contribution in [1.82, 2.24) is 5.32 Å². The van der Waals surface area contributed by atoms with E-state index in [9.17, 15) is 4.79 Å². The van der Waals surface area contributed by atoms with E-state index >= 15 is 0 Å². The summed E-state index contributed by atoms with van der Waals surface area (Å²) in [5.74, 6) is -0.0830. The van der Waals surface area contributed by atoms with E-state index < -0.39 is 0 Å². The van der Waals surface area contributed by atoms with Crippen LogP contribution in [0.4, 0.5) is 0 Å². The van der Waals surface area contributed by atoms with E-state index in [4.69, 9.17) is 9.47 Å². The van der Waals surface area contributed by atoms with Gasteiger partial charge in [0.1, 0.15) is 0 Å². The Hall–Kier alpha value is -0.870. The number of hydrogen-bond acceptors (Lipinski definition) is 3. The maximum Gasteiger partial charge on any atom is 0.246 e.